The molecule has 2 heterocycles. The van der Waals surface area contributed by atoms with E-state index in [1.807, 2.05) is 24.7 Å². The predicted molar refractivity (Wildman–Crippen MR) is 73.1 cm³/mol. The molecule has 1 N–H and O–H groups in total. The number of aryl methyl sites for hydroxylation is 1. The summed E-state index contributed by atoms with van der Waals surface area (Å²) in [5.74, 6) is 0.678. The Morgan fingerprint density at radius 1 is 1.53 bits per heavy atom. The predicted octanol–water partition coefficient (Wildman–Crippen LogP) is 0.976. The van der Waals surface area contributed by atoms with Crippen LogP contribution in [0.2, 0.25) is 0 Å². The van der Waals surface area contributed by atoms with Crippen LogP contribution in [0.4, 0.5) is 5.13 Å². The van der Waals surface area contributed by atoms with Crippen molar-refractivity contribution in [2.75, 3.05) is 18.9 Å². The molecule has 0 unspecified atom stereocenters. The van der Waals surface area contributed by atoms with Gasteiger partial charge < -0.3 is 14.8 Å². The van der Waals surface area contributed by atoms with Crippen LogP contribution in [0.3, 0.4) is 0 Å². The second kappa shape index (κ2) is 5.79. The van der Waals surface area contributed by atoms with E-state index >= 15 is 0 Å². The third kappa shape index (κ3) is 3.08. The van der Waals surface area contributed by atoms with E-state index in [-0.39, 0.29) is 5.91 Å². The Hall–Kier alpha value is -1.96. The Balaban J connectivity index is 2.04. The summed E-state index contributed by atoms with van der Waals surface area (Å²) in [4.78, 5) is 17.9. The van der Waals surface area contributed by atoms with Gasteiger partial charge in [0.25, 0.3) is 5.91 Å². The molecule has 2 rings (SSSR count). The van der Waals surface area contributed by atoms with Crippen molar-refractivity contribution in [1.29, 1.82) is 0 Å². The molecule has 0 aromatic carbocycles. The zero-order valence-corrected chi connectivity index (χ0v) is 11.9. The van der Waals surface area contributed by atoms with Gasteiger partial charge in [-0.3, -0.25) is 4.79 Å². The van der Waals surface area contributed by atoms with Gasteiger partial charge in [-0.1, -0.05) is 11.3 Å². The molecule has 0 saturated heterocycles. The normalized spacial score (nSPS) is 10.5. The van der Waals surface area contributed by atoms with Crippen LogP contribution in [0, 0.1) is 0 Å². The quantitative estimate of drug-likeness (QED) is 0.883. The lowest BCUT2D eigenvalue weighted by Gasteiger charge is -2.14. The van der Waals surface area contributed by atoms with Gasteiger partial charge in [-0.15, -0.1) is 10.2 Å². The van der Waals surface area contributed by atoms with E-state index in [9.17, 15) is 4.79 Å². The lowest BCUT2D eigenvalue weighted by molar-refractivity contribution is 0.0779. The molecule has 1 amide bonds. The maximum atomic E-state index is 12.2. The molecule has 7 nitrogen and oxygen atoms in total. The van der Waals surface area contributed by atoms with Crippen molar-refractivity contribution in [3.63, 3.8) is 0 Å². The SMILES string of the molecule is CCNc1nnc(C(=O)N(C)Cc2nccn2C)s1. The smallest absolute Gasteiger partial charge is 0.285 e. The molecule has 0 aliphatic heterocycles. The van der Waals surface area contributed by atoms with Crippen LogP contribution < -0.4 is 5.32 Å². The average molecular weight is 280 g/mol. The third-order valence-electron chi connectivity index (χ3n) is 2.58. The first-order valence-corrected chi connectivity index (χ1v) is 6.72. The van der Waals surface area contributed by atoms with Crippen LogP contribution in [-0.2, 0) is 13.6 Å². The molecule has 2 aromatic rings. The monoisotopic (exact) mass is 280 g/mol. The maximum absolute atomic E-state index is 12.2. The molecule has 0 aliphatic rings. The van der Waals surface area contributed by atoms with Crippen molar-refractivity contribution in [2.24, 2.45) is 7.05 Å². The van der Waals surface area contributed by atoms with Crippen LogP contribution in [0.5, 0.6) is 0 Å². The Labute approximate surface area is 115 Å². The second-order valence-electron chi connectivity index (χ2n) is 4.06. The zero-order chi connectivity index (χ0) is 13.8. The van der Waals surface area contributed by atoms with Crippen molar-refractivity contribution in [2.45, 2.75) is 13.5 Å². The molecule has 0 fully saturated rings. The summed E-state index contributed by atoms with van der Waals surface area (Å²) in [6.07, 6.45) is 3.56. The molecule has 0 saturated carbocycles. The fraction of sp³-hybridized carbons (Fsp3) is 0.455. The Morgan fingerprint density at radius 2 is 2.32 bits per heavy atom. The number of carbonyl (C=O) groups is 1. The fourth-order valence-electron chi connectivity index (χ4n) is 1.53. The highest BCUT2D eigenvalue weighted by Crippen LogP contribution is 2.16. The molecule has 19 heavy (non-hydrogen) atoms. The van der Waals surface area contributed by atoms with E-state index in [2.05, 4.69) is 20.5 Å². The van der Waals surface area contributed by atoms with Gasteiger partial charge in [-0.25, -0.2) is 4.98 Å². The molecule has 0 bridgehead atoms. The third-order valence-corrected chi connectivity index (χ3v) is 3.45. The van der Waals surface area contributed by atoms with Gasteiger partial charge >= 0.3 is 0 Å². The van der Waals surface area contributed by atoms with Crippen LogP contribution >= 0.6 is 11.3 Å². The van der Waals surface area contributed by atoms with Crippen LogP contribution in [0.15, 0.2) is 12.4 Å². The van der Waals surface area contributed by atoms with Crippen LogP contribution in [0.1, 0.15) is 22.6 Å². The number of nitrogens with one attached hydrogen (secondary N) is 1. The van der Waals surface area contributed by atoms with Gasteiger partial charge in [-0.2, -0.15) is 0 Å². The second-order valence-corrected chi connectivity index (χ2v) is 5.04. The summed E-state index contributed by atoms with van der Waals surface area (Å²) in [6.45, 7) is 3.17. The number of hydrogen-bond acceptors (Lipinski definition) is 6. The molecule has 8 heteroatoms. The Kier molecular flexibility index (Phi) is 4.10. The largest absolute Gasteiger partial charge is 0.360 e. The molecule has 0 radical (unpaired) electrons. The lowest BCUT2D eigenvalue weighted by Crippen LogP contribution is -2.27. The van der Waals surface area contributed by atoms with Crippen molar-refractivity contribution in [1.82, 2.24) is 24.6 Å². The van der Waals surface area contributed by atoms with Gasteiger partial charge in [-0.05, 0) is 6.92 Å². The zero-order valence-electron chi connectivity index (χ0n) is 11.1. The highest BCUT2D eigenvalue weighted by atomic mass is 32.1. The first kappa shape index (κ1) is 13.5. The van der Waals surface area contributed by atoms with Crippen molar-refractivity contribution < 1.29 is 4.79 Å². The number of carbonyl (C=O) groups excluding carboxylic acids is 1. The maximum Gasteiger partial charge on any atom is 0.285 e. The van der Waals surface area contributed by atoms with E-state index < -0.39 is 0 Å². The van der Waals surface area contributed by atoms with Crippen LogP contribution in [0.25, 0.3) is 0 Å². The summed E-state index contributed by atoms with van der Waals surface area (Å²) in [5.41, 5.74) is 0. The molecular formula is C11H16N6OS. The van der Waals surface area contributed by atoms with Crippen molar-refractivity contribution in [3.8, 4) is 0 Å². The number of amides is 1. The fourth-order valence-corrected chi connectivity index (χ4v) is 2.33. The lowest BCUT2D eigenvalue weighted by atomic mass is 10.5. The first-order chi connectivity index (χ1) is 9.11. The van der Waals surface area contributed by atoms with Crippen LogP contribution in [-0.4, -0.2) is 44.1 Å². The number of nitrogens with zero attached hydrogens (tertiary/aromatic N) is 5. The standard InChI is InChI=1S/C11H16N6OS/c1-4-12-11-15-14-9(19-11)10(18)17(3)7-8-13-5-6-16(8)2/h5-6H,4,7H2,1-3H3,(H,12,15). The minimum Gasteiger partial charge on any atom is -0.360 e. The number of hydrogen-bond donors (Lipinski definition) is 1. The van der Waals surface area contributed by atoms with Gasteiger partial charge in [0.1, 0.15) is 5.82 Å². The number of imidazole rings is 1. The Morgan fingerprint density at radius 3 is 2.95 bits per heavy atom. The highest BCUT2D eigenvalue weighted by Gasteiger charge is 2.18. The molecule has 2 aromatic heterocycles. The van der Waals surface area contributed by atoms with Gasteiger partial charge in [0.15, 0.2) is 0 Å². The summed E-state index contributed by atoms with van der Waals surface area (Å²) in [5, 5.41) is 11.9. The van der Waals surface area contributed by atoms with E-state index in [0.717, 1.165) is 12.4 Å². The van der Waals surface area contributed by atoms with Gasteiger partial charge in [0.05, 0.1) is 6.54 Å². The average Bonchev–Trinajstić information content (AvgIpc) is 2.99. The minimum absolute atomic E-state index is 0.148. The van der Waals surface area contributed by atoms with Gasteiger partial charge in [0, 0.05) is 33.0 Å². The summed E-state index contributed by atoms with van der Waals surface area (Å²) < 4.78 is 1.88. The van der Waals surface area contributed by atoms with E-state index in [4.69, 9.17) is 0 Å². The van der Waals surface area contributed by atoms with Crippen molar-refractivity contribution in [3.05, 3.63) is 23.2 Å². The topological polar surface area (TPSA) is 75.9 Å². The molecule has 0 aliphatic carbocycles. The van der Waals surface area contributed by atoms with Crippen molar-refractivity contribution >= 4 is 22.4 Å². The highest BCUT2D eigenvalue weighted by molar-refractivity contribution is 7.17. The summed E-state index contributed by atoms with van der Waals surface area (Å²) in [7, 11) is 3.63. The summed E-state index contributed by atoms with van der Waals surface area (Å²) >= 11 is 1.26. The number of aromatic nitrogens is 4. The van der Waals surface area contributed by atoms with E-state index in [0.29, 0.717) is 16.7 Å². The molecule has 0 spiro atoms. The molecule has 0 atom stereocenters. The molecule has 102 valence electrons. The molecular weight excluding hydrogens is 264 g/mol. The summed E-state index contributed by atoms with van der Waals surface area (Å²) in [6, 6.07) is 0. The number of rotatable bonds is 5. The van der Waals surface area contributed by atoms with Gasteiger partial charge in [0.2, 0.25) is 10.1 Å². The minimum atomic E-state index is -0.148. The first-order valence-electron chi connectivity index (χ1n) is 5.91. The van der Waals surface area contributed by atoms with E-state index in [1.54, 1.807) is 18.1 Å². The number of anilines is 1. The Bertz CT molecular complexity index is 563. The van der Waals surface area contributed by atoms with E-state index in [1.165, 1.54) is 11.3 Å².